The van der Waals surface area contributed by atoms with Crippen molar-refractivity contribution in [2.45, 2.75) is 31.2 Å². The Labute approximate surface area is 208 Å². The highest BCUT2D eigenvalue weighted by molar-refractivity contribution is 6.32. The molecule has 1 saturated carbocycles. The summed E-state index contributed by atoms with van der Waals surface area (Å²) in [6.45, 7) is -0.0835. The standard InChI is InChI=1S/C22H19Cl2N7O4/c23-11-3-4-17(26-8-11)28-21(33)16(10-34-13-6-12(32)7-13)35-22-14-9-27-31-19(14)29-20(30-22)18-15(24)2-1-5-25-18/h1-5,8-9,12-13,16,32H,6-7,10H2,(H,26,28,33)(H,27,29,30,31)/t12?,13?,16-/m0/s1. The van der Waals surface area contributed by atoms with E-state index in [0.717, 1.165) is 0 Å². The number of anilines is 1. The van der Waals surface area contributed by atoms with Gasteiger partial charge in [0.1, 0.15) is 16.9 Å². The fourth-order valence-electron chi connectivity index (χ4n) is 3.41. The maximum Gasteiger partial charge on any atom is 0.269 e. The summed E-state index contributed by atoms with van der Waals surface area (Å²) >= 11 is 12.2. The van der Waals surface area contributed by atoms with E-state index in [-0.39, 0.29) is 24.4 Å². The number of ether oxygens (including phenoxy) is 2. The third-order valence-electron chi connectivity index (χ3n) is 5.32. The molecule has 0 radical (unpaired) electrons. The summed E-state index contributed by atoms with van der Waals surface area (Å²) in [6, 6.07) is 6.54. The molecular formula is C22H19Cl2N7O4. The van der Waals surface area contributed by atoms with E-state index in [2.05, 4.69) is 35.5 Å². The number of hydrogen-bond acceptors (Lipinski definition) is 9. The van der Waals surface area contributed by atoms with Gasteiger partial charge in [-0.05, 0) is 37.1 Å². The fraction of sp³-hybridized carbons (Fsp3) is 0.273. The average molecular weight is 516 g/mol. The van der Waals surface area contributed by atoms with Gasteiger partial charge in [0.05, 0.1) is 35.1 Å². The number of nitrogens with one attached hydrogen (secondary N) is 2. The molecule has 0 aromatic carbocycles. The van der Waals surface area contributed by atoms with E-state index in [1.54, 1.807) is 30.5 Å². The highest BCUT2D eigenvalue weighted by Gasteiger charge is 2.31. The molecule has 4 heterocycles. The minimum atomic E-state index is -1.11. The van der Waals surface area contributed by atoms with Gasteiger partial charge < -0.3 is 19.9 Å². The summed E-state index contributed by atoms with van der Waals surface area (Å²) in [5.41, 5.74) is 0.731. The van der Waals surface area contributed by atoms with Gasteiger partial charge in [0.15, 0.2) is 11.5 Å². The Balaban J connectivity index is 1.44. The van der Waals surface area contributed by atoms with Gasteiger partial charge in [-0.3, -0.25) is 14.9 Å². The molecule has 0 aliphatic heterocycles. The van der Waals surface area contributed by atoms with Crippen molar-refractivity contribution in [3.05, 3.63) is 52.9 Å². The first kappa shape index (κ1) is 23.4. The highest BCUT2D eigenvalue weighted by atomic mass is 35.5. The lowest BCUT2D eigenvalue weighted by molar-refractivity contribution is -0.131. The summed E-state index contributed by atoms with van der Waals surface area (Å²) in [6.07, 6.45) is 3.80. The number of rotatable bonds is 8. The van der Waals surface area contributed by atoms with Crippen LogP contribution in [0.4, 0.5) is 5.82 Å². The van der Waals surface area contributed by atoms with Crippen molar-refractivity contribution in [1.29, 1.82) is 0 Å². The van der Waals surface area contributed by atoms with Gasteiger partial charge in [-0.15, -0.1) is 0 Å². The first-order chi connectivity index (χ1) is 17.0. The third-order valence-corrected chi connectivity index (χ3v) is 5.85. The number of hydrogen-bond donors (Lipinski definition) is 3. The molecule has 0 unspecified atom stereocenters. The van der Waals surface area contributed by atoms with Crippen LogP contribution in [0, 0.1) is 0 Å². The molecule has 180 valence electrons. The molecular weight excluding hydrogens is 497 g/mol. The molecule has 3 N–H and O–H groups in total. The molecule has 0 bridgehead atoms. The molecule has 1 atom stereocenters. The van der Waals surface area contributed by atoms with Gasteiger partial charge in [-0.1, -0.05) is 23.2 Å². The van der Waals surface area contributed by atoms with Gasteiger partial charge in [-0.25, -0.2) is 9.97 Å². The minimum absolute atomic E-state index is 0.0835. The monoisotopic (exact) mass is 515 g/mol. The van der Waals surface area contributed by atoms with Crippen LogP contribution in [-0.4, -0.2) is 66.1 Å². The first-order valence-corrected chi connectivity index (χ1v) is 11.4. The molecule has 1 aliphatic carbocycles. The Morgan fingerprint density at radius 3 is 2.80 bits per heavy atom. The van der Waals surface area contributed by atoms with E-state index in [4.69, 9.17) is 32.7 Å². The summed E-state index contributed by atoms with van der Waals surface area (Å²) < 4.78 is 11.9. The number of fused-ring (bicyclic) bond motifs is 1. The van der Waals surface area contributed by atoms with Gasteiger partial charge in [0.25, 0.3) is 5.91 Å². The Morgan fingerprint density at radius 1 is 1.20 bits per heavy atom. The highest BCUT2D eigenvalue weighted by Crippen LogP contribution is 2.29. The van der Waals surface area contributed by atoms with Crippen LogP contribution < -0.4 is 10.1 Å². The Morgan fingerprint density at radius 2 is 2.06 bits per heavy atom. The molecule has 1 fully saturated rings. The number of H-pyrrole nitrogens is 1. The van der Waals surface area contributed by atoms with Gasteiger partial charge >= 0.3 is 0 Å². The van der Waals surface area contributed by atoms with Gasteiger partial charge in [0, 0.05) is 12.4 Å². The number of carbonyl (C=O) groups is 1. The summed E-state index contributed by atoms with van der Waals surface area (Å²) in [5.74, 6) is 0.0855. The summed E-state index contributed by atoms with van der Waals surface area (Å²) in [7, 11) is 0. The van der Waals surface area contributed by atoms with Crippen molar-refractivity contribution >= 4 is 46.0 Å². The summed E-state index contributed by atoms with van der Waals surface area (Å²) in [4.78, 5) is 30.4. The SMILES string of the molecule is O=C(Nc1ccc(Cl)cn1)[C@H](COC1CC(O)C1)Oc1nc(-c2ncccc2Cl)nc2[nH]ncc12. The predicted molar refractivity (Wildman–Crippen MR) is 127 cm³/mol. The second-order valence-electron chi connectivity index (χ2n) is 7.86. The Kier molecular flexibility index (Phi) is 6.73. The van der Waals surface area contributed by atoms with E-state index in [9.17, 15) is 9.90 Å². The largest absolute Gasteiger partial charge is 0.461 e. The topological polar surface area (TPSA) is 148 Å². The van der Waals surface area contributed by atoms with Crippen LogP contribution in [-0.2, 0) is 9.53 Å². The molecule has 4 aromatic rings. The lowest BCUT2D eigenvalue weighted by atomic mass is 9.92. The van der Waals surface area contributed by atoms with Crippen molar-refractivity contribution in [1.82, 2.24) is 30.1 Å². The van der Waals surface area contributed by atoms with E-state index >= 15 is 0 Å². The smallest absolute Gasteiger partial charge is 0.269 e. The maximum atomic E-state index is 13.1. The minimum Gasteiger partial charge on any atom is -0.461 e. The number of nitrogens with zero attached hydrogens (tertiary/aromatic N) is 5. The molecule has 13 heteroatoms. The molecule has 5 rings (SSSR count). The first-order valence-electron chi connectivity index (χ1n) is 10.7. The van der Waals surface area contributed by atoms with Crippen LogP contribution >= 0.6 is 23.2 Å². The second kappa shape index (κ2) is 10.1. The van der Waals surface area contributed by atoms with Crippen LogP contribution in [0.2, 0.25) is 10.0 Å². The van der Waals surface area contributed by atoms with E-state index in [1.807, 2.05) is 0 Å². The number of aliphatic hydroxyl groups is 1. The van der Waals surface area contributed by atoms with Crippen molar-refractivity contribution in [3.8, 4) is 17.4 Å². The molecule has 0 spiro atoms. The predicted octanol–water partition coefficient (Wildman–Crippen LogP) is 3.04. The zero-order valence-electron chi connectivity index (χ0n) is 18.1. The zero-order valence-corrected chi connectivity index (χ0v) is 19.6. The number of aromatic nitrogens is 6. The zero-order chi connectivity index (χ0) is 24.4. The molecule has 1 aliphatic rings. The fourth-order valence-corrected chi connectivity index (χ4v) is 3.72. The van der Waals surface area contributed by atoms with E-state index in [0.29, 0.717) is 45.4 Å². The lowest BCUT2D eigenvalue weighted by Crippen LogP contribution is -2.42. The van der Waals surface area contributed by atoms with Gasteiger partial charge in [0.2, 0.25) is 12.0 Å². The number of halogens is 2. The molecule has 1 amide bonds. The quantitative estimate of drug-likeness (QED) is 0.321. The van der Waals surface area contributed by atoms with Crippen molar-refractivity contribution < 1.29 is 19.4 Å². The summed E-state index contributed by atoms with van der Waals surface area (Å²) in [5, 5.41) is 20.3. The number of aliphatic hydroxyl groups excluding tert-OH is 1. The van der Waals surface area contributed by atoms with Crippen LogP contribution in [0.5, 0.6) is 5.88 Å². The van der Waals surface area contributed by atoms with Crippen LogP contribution in [0.15, 0.2) is 42.9 Å². The normalized spacial score (nSPS) is 18.1. The number of amides is 1. The van der Waals surface area contributed by atoms with Crippen molar-refractivity contribution in [3.63, 3.8) is 0 Å². The molecule has 11 nitrogen and oxygen atoms in total. The maximum absolute atomic E-state index is 13.1. The van der Waals surface area contributed by atoms with Crippen LogP contribution in [0.25, 0.3) is 22.6 Å². The molecule has 4 aromatic heterocycles. The van der Waals surface area contributed by atoms with Crippen molar-refractivity contribution in [2.75, 3.05) is 11.9 Å². The van der Waals surface area contributed by atoms with Gasteiger partial charge in [-0.2, -0.15) is 10.1 Å². The molecule has 35 heavy (non-hydrogen) atoms. The second-order valence-corrected chi connectivity index (χ2v) is 8.70. The van der Waals surface area contributed by atoms with E-state index in [1.165, 1.54) is 12.4 Å². The third kappa shape index (κ3) is 5.33. The lowest BCUT2D eigenvalue weighted by Gasteiger charge is -2.32. The average Bonchev–Trinajstić information content (AvgIpc) is 3.31. The molecule has 0 saturated heterocycles. The number of pyridine rings is 2. The van der Waals surface area contributed by atoms with Crippen molar-refractivity contribution in [2.24, 2.45) is 0 Å². The van der Waals surface area contributed by atoms with Crippen LogP contribution in [0.1, 0.15) is 12.8 Å². The Hall–Kier alpha value is -3.38. The number of aromatic amines is 1. The number of carbonyl (C=O) groups excluding carboxylic acids is 1. The Bertz CT molecular complexity index is 1350. The van der Waals surface area contributed by atoms with Crippen LogP contribution in [0.3, 0.4) is 0 Å². The van der Waals surface area contributed by atoms with E-state index < -0.39 is 18.1 Å².